The van der Waals surface area contributed by atoms with Crippen LogP contribution in [0.3, 0.4) is 0 Å². The Balaban J connectivity index is 3.48. The van der Waals surface area contributed by atoms with Gasteiger partial charge in [0, 0.05) is 0 Å². The van der Waals surface area contributed by atoms with Gasteiger partial charge in [-0.1, -0.05) is 0 Å². The summed E-state index contributed by atoms with van der Waals surface area (Å²) < 4.78 is 22.1. The SMILES string of the molecule is O=P(O)(F)OO. The number of rotatable bonds is 1. The predicted molar refractivity (Wildman–Crippen MR) is 14.6 cm³/mol. The van der Waals surface area contributed by atoms with E-state index in [4.69, 9.17) is 14.7 Å². The van der Waals surface area contributed by atoms with Gasteiger partial charge in [-0.05, 0) is 0 Å². The fourth-order valence-electron chi connectivity index (χ4n) is 0. The molecule has 0 fully saturated rings. The largest absolute Gasteiger partial charge is 0.537 e. The van der Waals surface area contributed by atoms with E-state index in [1.54, 1.807) is 0 Å². The van der Waals surface area contributed by atoms with Crippen molar-refractivity contribution in [3.05, 3.63) is 0 Å². The maximum atomic E-state index is 10.8. The summed E-state index contributed by atoms with van der Waals surface area (Å²) in [5.74, 6) is 0. The van der Waals surface area contributed by atoms with Crippen LogP contribution in [0, 0.1) is 0 Å². The van der Waals surface area contributed by atoms with Crippen molar-refractivity contribution in [3.63, 3.8) is 0 Å². The van der Waals surface area contributed by atoms with Crippen molar-refractivity contribution in [3.8, 4) is 0 Å². The average Bonchev–Trinajstić information content (AvgIpc) is 1.35. The van der Waals surface area contributed by atoms with Crippen LogP contribution in [0.1, 0.15) is 0 Å². The zero-order valence-corrected chi connectivity index (χ0v) is 3.43. The van der Waals surface area contributed by atoms with Gasteiger partial charge in [0.25, 0.3) is 0 Å². The van der Waals surface area contributed by atoms with Crippen molar-refractivity contribution in [1.82, 2.24) is 0 Å². The molecule has 0 rings (SSSR count). The maximum absolute atomic E-state index is 10.8. The minimum absolute atomic E-state index is 2.38. The van der Waals surface area contributed by atoms with Crippen molar-refractivity contribution < 1.29 is 23.6 Å². The van der Waals surface area contributed by atoms with Gasteiger partial charge < -0.3 is 0 Å². The first-order valence-corrected chi connectivity index (χ1v) is 2.39. The maximum Gasteiger partial charge on any atom is 0.537 e. The van der Waals surface area contributed by atoms with E-state index in [2.05, 4.69) is 4.67 Å². The molecule has 6 heteroatoms. The minimum atomic E-state index is -5.09. The molecule has 0 aromatic carbocycles. The first-order valence-electron chi connectivity index (χ1n) is 0.917. The lowest BCUT2D eigenvalue weighted by Gasteiger charge is -1.87. The second-order valence-electron chi connectivity index (χ2n) is 0.533. The predicted octanol–water partition coefficient (Wildman–Crippen LogP) is 0.546. The summed E-state index contributed by atoms with van der Waals surface area (Å²) in [5, 5.41) is 7.01. The van der Waals surface area contributed by atoms with E-state index in [1.807, 2.05) is 0 Å². The third-order valence-electron chi connectivity index (χ3n) is 0.101. The van der Waals surface area contributed by atoms with Crippen LogP contribution >= 0.6 is 7.91 Å². The highest BCUT2D eigenvalue weighted by atomic mass is 31.2. The fraction of sp³-hybridized carbons (Fsp3) is 0. The van der Waals surface area contributed by atoms with E-state index in [-0.39, 0.29) is 0 Å². The summed E-state index contributed by atoms with van der Waals surface area (Å²) in [6, 6.07) is 0. The Morgan fingerprint density at radius 2 is 2.00 bits per heavy atom. The summed E-state index contributed by atoms with van der Waals surface area (Å²) in [6.07, 6.45) is 0. The molecule has 0 aliphatic carbocycles. The van der Waals surface area contributed by atoms with Crippen molar-refractivity contribution >= 4 is 7.91 Å². The summed E-state index contributed by atoms with van der Waals surface area (Å²) in [4.78, 5) is 7.24. The molecule has 0 aromatic heterocycles. The Bertz CT molecular complexity index is 71.6. The topological polar surface area (TPSA) is 66.8 Å². The minimum Gasteiger partial charge on any atom is -0.298 e. The van der Waals surface area contributed by atoms with Crippen LogP contribution in [0.25, 0.3) is 0 Å². The molecular formula is H2FO4P. The molecule has 0 aliphatic rings. The van der Waals surface area contributed by atoms with Gasteiger partial charge in [0.15, 0.2) is 0 Å². The first-order chi connectivity index (χ1) is 2.56. The van der Waals surface area contributed by atoms with Crippen LogP contribution in [0.4, 0.5) is 4.20 Å². The number of halogens is 1. The van der Waals surface area contributed by atoms with Crippen LogP contribution < -0.4 is 0 Å². The summed E-state index contributed by atoms with van der Waals surface area (Å²) in [5.41, 5.74) is 0. The lowest BCUT2D eigenvalue weighted by molar-refractivity contribution is -0.153. The van der Waals surface area contributed by atoms with Crippen LogP contribution in [-0.2, 0) is 9.24 Å². The highest BCUT2D eigenvalue weighted by Gasteiger charge is 2.14. The van der Waals surface area contributed by atoms with Gasteiger partial charge in [-0.25, -0.2) is 9.82 Å². The Kier molecular flexibility index (Phi) is 1.67. The first kappa shape index (κ1) is 6.04. The van der Waals surface area contributed by atoms with Gasteiger partial charge >= 0.3 is 7.91 Å². The highest BCUT2D eigenvalue weighted by molar-refractivity contribution is 7.46. The molecule has 0 radical (unpaired) electrons. The molecule has 2 N–H and O–H groups in total. The lowest BCUT2D eigenvalue weighted by atomic mass is 15.0. The summed E-state index contributed by atoms with van der Waals surface area (Å²) in [6.45, 7) is 0. The molecule has 0 heterocycles. The van der Waals surface area contributed by atoms with Gasteiger partial charge in [0.1, 0.15) is 0 Å². The summed E-state index contributed by atoms with van der Waals surface area (Å²) >= 11 is 0. The molecule has 0 amide bonds. The van der Waals surface area contributed by atoms with Gasteiger partial charge in [-0.3, -0.25) is 4.89 Å². The zero-order chi connectivity index (χ0) is 5.21. The molecule has 0 spiro atoms. The summed E-state index contributed by atoms with van der Waals surface area (Å²) in [7, 11) is -5.09. The van der Waals surface area contributed by atoms with Gasteiger partial charge in [0.05, 0.1) is 0 Å². The van der Waals surface area contributed by atoms with E-state index in [9.17, 15) is 4.20 Å². The Hall–Kier alpha value is 0.0400. The molecule has 6 heavy (non-hydrogen) atoms. The van der Waals surface area contributed by atoms with Crippen molar-refractivity contribution in [1.29, 1.82) is 0 Å². The Labute approximate surface area is 32.8 Å². The number of hydrogen-bond acceptors (Lipinski definition) is 3. The van der Waals surface area contributed by atoms with Gasteiger partial charge in [-0.2, -0.15) is 0 Å². The van der Waals surface area contributed by atoms with Crippen molar-refractivity contribution in [2.75, 3.05) is 0 Å². The van der Waals surface area contributed by atoms with Crippen molar-refractivity contribution in [2.45, 2.75) is 0 Å². The third-order valence-corrected chi connectivity index (χ3v) is 0.302. The number of hydrogen-bond donors (Lipinski definition) is 2. The lowest BCUT2D eigenvalue weighted by Crippen LogP contribution is -1.70. The smallest absolute Gasteiger partial charge is 0.298 e. The Morgan fingerprint density at radius 1 is 1.83 bits per heavy atom. The molecule has 0 aromatic rings. The van der Waals surface area contributed by atoms with Gasteiger partial charge in [0.2, 0.25) is 0 Å². The van der Waals surface area contributed by atoms with Crippen LogP contribution in [-0.4, -0.2) is 10.2 Å². The van der Waals surface area contributed by atoms with E-state index in [1.165, 1.54) is 0 Å². The molecule has 4 nitrogen and oxygen atoms in total. The zero-order valence-electron chi connectivity index (χ0n) is 2.54. The van der Waals surface area contributed by atoms with Gasteiger partial charge in [-0.15, -0.1) is 8.87 Å². The standard InChI is InChI=1S/FH2O4P/c1-6(3,4)5-2/h2H,(H,3,4). The monoisotopic (exact) mass is 116 g/mol. The van der Waals surface area contributed by atoms with E-state index < -0.39 is 7.91 Å². The molecule has 1 atom stereocenters. The molecule has 0 saturated carbocycles. The highest BCUT2D eigenvalue weighted by Crippen LogP contribution is 2.41. The molecule has 38 valence electrons. The average molecular weight is 116 g/mol. The molecular weight excluding hydrogens is 114 g/mol. The van der Waals surface area contributed by atoms with Crippen LogP contribution in [0.5, 0.6) is 0 Å². The van der Waals surface area contributed by atoms with E-state index in [0.717, 1.165) is 0 Å². The van der Waals surface area contributed by atoms with E-state index >= 15 is 0 Å². The Morgan fingerprint density at radius 3 is 2.00 bits per heavy atom. The molecule has 0 bridgehead atoms. The third kappa shape index (κ3) is 4.04. The van der Waals surface area contributed by atoms with E-state index in [0.29, 0.717) is 0 Å². The normalized spacial score (nSPS) is 19.8. The second-order valence-corrected chi connectivity index (χ2v) is 1.60. The van der Waals surface area contributed by atoms with Crippen LogP contribution in [0.15, 0.2) is 0 Å². The molecule has 1 unspecified atom stereocenters. The second kappa shape index (κ2) is 1.66. The van der Waals surface area contributed by atoms with Crippen molar-refractivity contribution in [2.24, 2.45) is 0 Å². The van der Waals surface area contributed by atoms with Crippen LogP contribution in [0.2, 0.25) is 0 Å². The molecule has 0 saturated heterocycles. The molecule has 0 aliphatic heterocycles. The fourth-order valence-corrected chi connectivity index (χ4v) is 0. The quantitative estimate of drug-likeness (QED) is 0.298.